The third kappa shape index (κ3) is 11.7. The molecule has 0 aromatic carbocycles. The highest BCUT2D eigenvalue weighted by atomic mass is 16.3. The molecule has 0 bridgehead atoms. The van der Waals surface area contributed by atoms with Gasteiger partial charge in [0.2, 0.25) is 0 Å². The van der Waals surface area contributed by atoms with Crippen molar-refractivity contribution < 1.29 is 15.3 Å². The quantitative estimate of drug-likeness (QED) is 0.345. The summed E-state index contributed by atoms with van der Waals surface area (Å²) in [7, 11) is 0. The first-order valence-corrected chi connectivity index (χ1v) is 7.33. The number of hydrogen-bond acceptors (Lipinski definition) is 3. The molecule has 0 saturated carbocycles. The van der Waals surface area contributed by atoms with E-state index >= 15 is 0 Å². The predicted octanol–water partition coefficient (Wildman–Crippen LogP) is 2.93. The van der Waals surface area contributed by atoms with Gasteiger partial charge in [-0.05, 0) is 30.8 Å². The lowest BCUT2D eigenvalue weighted by atomic mass is 10.0. The Hall–Kier alpha value is -1.42. The molecule has 112 valence electrons. The van der Waals surface area contributed by atoms with Crippen LogP contribution >= 0.6 is 0 Å². The van der Waals surface area contributed by atoms with Gasteiger partial charge >= 0.3 is 0 Å². The molecular weight excluding hydrogens is 252 g/mol. The van der Waals surface area contributed by atoms with Crippen LogP contribution in [0.25, 0.3) is 0 Å². The van der Waals surface area contributed by atoms with Crippen molar-refractivity contribution in [3.8, 4) is 23.7 Å². The van der Waals surface area contributed by atoms with Crippen LogP contribution < -0.4 is 0 Å². The Morgan fingerprint density at radius 1 is 0.950 bits per heavy atom. The van der Waals surface area contributed by atoms with Crippen LogP contribution in [0.3, 0.4) is 0 Å². The summed E-state index contributed by atoms with van der Waals surface area (Å²) in [5.74, 6) is 10.9. The first-order chi connectivity index (χ1) is 9.72. The molecule has 0 aliphatic carbocycles. The predicted molar refractivity (Wildman–Crippen MR) is 81.9 cm³/mol. The van der Waals surface area contributed by atoms with E-state index in [1.54, 1.807) is 0 Å². The summed E-state index contributed by atoms with van der Waals surface area (Å²) in [4.78, 5) is 0. The highest BCUT2D eigenvalue weighted by molar-refractivity contribution is 5.26. The molecule has 0 aromatic rings. The van der Waals surface area contributed by atoms with E-state index in [1.165, 1.54) is 18.9 Å². The summed E-state index contributed by atoms with van der Waals surface area (Å²) in [5, 5.41) is 27.9. The number of hydrogen-bond donors (Lipinski definition) is 3. The number of aliphatic hydroxyl groups excluding tert-OH is 3. The van der Waals surface area contributed by atoms with E-state index in [1.807, 2.05) is 0 Å². The maximum absolute atomic E-state index is 9.76. The Morgan fingerprint density at radius 2 is 1.65 bits per heavy atom. The molecule has 0 aliphatic heterocycles. The number of aliphatic hydroxyl groups is 3. The van der Waals surface area contributed by atoms with Gasteiger partial charge in [0.15, 0.2) is 0 Å². The zero-order valence-electron chi connectivity index (χ0n) is 12.3. The lowest BCUT2D eigenvalue weighted by Gasteiger charge is -2.16. The molecule has 0 fully saturated rings. The molecule has 0 aromatic heterocycles. The fraction of sp³-hybridized carbons (Fsp3) is 0.647. The summed E-state index contributed by atoms with van der Waals surface area (Å²) in [6, 6.07) is 0. The molecule has 20 heavy (non-hydrogen) atoms. The number of rotatable bonds is 9. The van der Waals surface area contributed by atoms with E-state index < -0.39 is 12.2 Å². The molecule has 0 saturated heterocycles. The van der Waals surface area contributed by atoms with Gasteiger partial charge < -0.3 is 15.3 Å². The van der Waals surface area contributed by atoms with Gasteiger partial charge in [-0.2, -0.15) is 0 Å². The van der Waals surface area contributed by atoms with Crippen molar-refractivity contribution in [2.45, 2.75) is 70.5 Å². The Balaban J connectivity index is 3.72. The Bertz CT molecular complexity index is 365. The van der Waals surface area contributed by atoms with Crippen molar-refractivity contribution in [1.82, 2.24) is 0 Å². The van der Waals surface area contributed by atoms with E-state index in [0.717, 1.165) is 19.1 Å². The smallest absolute Gasteiger partial charge is 0.0808 e. The molecule has 2 atom stereocenters. The molecule has 0 radical (unpaired) electrons. The lowest BCUT2D eigenvalue weighted by molar-refractivity contribution is 0.00943. The molecule has 3 N–H and O–H groups in total. The molecule has 0 heterocycles. The number of unbranched alkanes of at least 4 members (excludes halogenated alkanes) is 3. The first-order valence-electron chi connectivity index (χ1n) is 7.33. The van der Waals surface area contributed by atoms with Gasteiger partial charge in [0.25, 0.3) is 0 Å². The van der Waals surface area contributed by atoms with Crippen LogP contribution in [0.2, 0.25) is 0 Å². The fourth-order valence-electron chi connectivity index (χ4n) is 1.70. The van der Waals surface area contributed by atoms with E-state index in [9.17, 15) is 10.2 Å². The Morgan fingerprint density at radius 3 is 2.35 bits per heavy atom. The minimum absolute atomic E-state index is 0.472. The van der Waals surface area contributed by atoms with Crippen LogP contribution in [0.1, 0.15) is 58.3 Å². The van der Waals surface area contributed by atoms with Gasteiger partial charge in [0.1, 0.15) is 0 Å². The largest absolute Gasteiger partial charge is 0.516 e. The highest BCUT2D eigenvalue weighted by Crippen LogP contribution is 2.11. The molecular formula is C17H26O3. The standard InChI is InChI=1S/C17H26O3/c1-2-3-4-10-13-16(19)17(20)14-11-8-6-5-7-9-12-15-18/h12,15-20H,2-4,9-11,13-14H2,1H3/t16-,17?/m1/s1. The van der Waals surface area contributed by atoms with Gasteiger partial charge in [-0.25, -0.2) is 0 Å². The van der Waals surface area contributed by atoms with Gasteiger partial charge in [-0.15, -0.1) is 0 Å². The average Bonchev–Trinajstić information content (AvgIpc) is 2.46. The molecule has 1 unspecified atom stereocenters. The van der Waals surface area contributed by atoms with Crippen LogP contribution in [0.4, 0.5) is 0 Å². The van der Waals surface area contributed by atoms with Crippen LogP contribution in [-0.2, 0) is 0 Å². The summed E-state index contributed by atoms with van der Waals surface area (Å²) in [6.45, 7) is 2.15. The molecule has 3 nitrogen and oxygen atoms in total. The van der Waals surface area contributed by atoms with Gasteiger partial charge in [0.05, 0.1) is 18.5 Å². The fourth-order valence-corrected chi connectivity index (χ4v) is 1.70. The van der Waals surface area contributed by atoms with Gasteiger partial charge in [-0.3, -0.25) is 0 Å². The normalized spacial score (nSPS) is 13.2. The van der Waals surface area contributed by atoms with Crippen LogP contribution in [0.5, 0.6) is 0 Å². The zero-order valence-corrected chi connectivity index (χ0v) is 12.3. The average molecular weight is 278 g/mol. The minimum Gasteiger partial charge on any atom is -0.516 e. The number of allylic oxidation sites excluding steroid dienone is 1. The lowest BCUT2D eigenvalue weighted by Crippen LogP contribution is -2.25. The van der Waals surface area contributed by atoms with Gasteiger partial charge in [-0.1, -0.05) is 44.4 Å². The van der Waals surface area contributed by atoms with Crippen LogP contribution in [-0.4, -0.2) is 27.5 Å². The van der Waals surface area contributed by atoms with Crippen LogP contribution in [0.15, 0.2) is 12.3 Å². The van der Waals surface area contributed by atoms with Crippen molar-refractivity contribution in [1.29, 1.82) is 0 Å². The molecule has 0 spiro atoms. The maximum Gasteiger partial charge on any atom is 0.0808 e. The van der Waals surface area contributed by atoms with Crippen LogP contribution in [0, 0.1) is 23.7 Å². The maximum atomic E-state index is 9.76. The third-order valence-electron chi connectivity index (χ3n) is 2.93. The van der Waals surface area contributed by atoms with Crippen molar-refractivity contribution >= 4 is 0 Å². The first kappa shape index (κ1) is 18.6. The topological polar surface area (TPSA) is 60.7 Å². The zero-order chi connectivity index (χ0) is 15.1. The summed E-state index contributed by atoms with van der Waals surface area (Å²) >= 11 is 0. The van der Waals surface area contributed by atoms with Crippen molar-refractivity contribution in [3.63, 3.8) is 0 Å². The van der Waals surface area contributed by atoms with E-state index in [4.69, 9.17) is 5.11 Å². The molecule has 0 rings (SSSR count). The van der Waals surface area contributed by atoms with E-state index in [0.29, 0.717) is 25.7 Å². The monoisotopic (exact) mass is 278 g/mol. The van der Waals surface area contributed by atoms with Gasteiger partial charge in [0, 0.05) is 12.8 Å². The third-order valence-corrected chi connectivity index (χ3v) is 2.93. The minimum atomic E-state index is -0.698. The Kier molecular flexibility index (Phi) is 13.0. The Labute approximate surface area is 122 Å². The summed E-state index contributed by atoms with van der Waals surface area (Å²) in [5.41, 5.74) is 0. The molecule has 0 aliphatic rings. The second-order valence-corrected chi connectivity index (χ2v) is 4.72. The van der Waals surface area contributed by atoms with Crippen molar-refractivity contribution in [3.05, 3.63) is 12.3 Å². The van der Waals surface area contributed by atoms with E-state index in [-0.39, 0.29) is 0 Å². The van der Waals surface area contributed by atoms with Crippen molar-refractivity contribution in [2.75, 3.05) is 0 Å². The summed E-state index contributed by atoms with van der Waals surface area (Å²) < 4.78 is 0. The van der Waals surface area contributed by atoms with E-state index in [2.05, 4.69) is 30.6 Å². The second-order valence-electron chi connectivity index (χ2n) is 4.72. The molecule has 3 heteroatoms. The summed E-state index contributed by atoms with van der Waals surface area (Å²) in [6.07, 6.45) is 7.70. The molecule has 0 amide bonds. The second kappa shape index (κ2) is 14.0. The van der Waals surface area contributed by atoms with Crippen molar-refractivity contribution in [2.24, 2.45) is 0 Å². The SMILES string of the molecule is CCCCCC[C@@H](O)C(O)CCC#CC#CCC=CO. The highest BCUT2D eigenvalue weighted by Gasteiger charge is 2.14.